The van der Waals surface area contributed by atoms with Gasteiger partial charge in [0.25, 0.3) is 5.91 Å². The fraction of sp³-hybridized carbons (Fsp3) is 0.562. The summed E-state index contributed by atoms with van der Waals surface area (Å²) in [6.45, 7) is 12.0. The van der Waals surface area contributed by atoms with E-state index in [1.807, 2.05) is 24.3 Å². The van der Waals surface area contributed by atoms with Crippen LogP contribution in [0.3, 0.4) is 0 Å². The molecule has 19 heavy (non-hydrogen) atoms. The zero-order chi connectivity index (χ0) is 14.7. The van der Waals surface area contributed by atoms with Crippen molar-refractivity contribution in [1.82, 2.24) is 5.32 Å². The molecular formula is C16H26N2O. The Morgan fingerprint density at radius 1 is 1.21 bits per heavy atom. The molecule has 1 amide bonds. The van der Waals surface area contributed by atoms with E-state index in [9.17, 15) is 4.79 Å². The molecule has 0 bridgehead atoms. The van der Waals surface area contributed by atoms with E-state index >= 15 is 0 Å². The molecule has 3 heteroatoms. The van der Waals surface area contributed by atoms with Crippen LogP contribution in [0.5, 0.6) is 0 Å². The van der Waals surface area contributed by atoms with E-state index in [2.05, 4.69) is 39.9 Å². The number of benzene rings is 1. The Morgan fingerprint density at radius 2 is 1.84 bits per heavy atom. The van der Waals surface area contributed by atoms with E-state index in [1.165, 1.54) is 0 Å². The molecule has 0 atom stereocenters. The summed E-state index contributed by atoms with van der Waals surface area (Å²) in [6.07, 6.45) is 0. The minimum Gasteiger partial charge on any atom is -0.351 e. The van der Waals surface area contributed by atoms with E-state index in [-0.39, 0.29) is 16.7 Å². The summed E-state index contributed by atoms with van der Waals surface area (Å²) < 4.78 is 0. The first-order valence-corrected chi connectivity index (χ1v) is 6.74. The molecule has 3 N–H and O–H groups in total. The number of hydrogen-bond donors (Lipinski definition) is 2. The summed E-state index contributed by atoms with van der Waals surface area (Å²) in [6, 6.07) is 7.46. The standard InChI is InChI=1S/C16H26N2O/c1-15(2,3)16(4,5)11-18-14(19)13-8-6-7-12(9-13)10-17/h6-9H,10-11,17H2,1-5H3,(H,18,19). The van der Waals surface area contributed by atoms with Crippen LogP contribution in [0.15, 0.2) is 24.3 Å². The van der Waals surface area contributed by atoms with Gasteiger partial charge in [0.05, 0.1) is 0 Å². The fourth-order valence-corrected chi connectivity index (χ4v) is 1.51. The summed E-state index contributed by atoms with van der Waals surface area (Å²) in [5.41, 5.74) is 7.41. The van der Waals surface area contributed by atoms with Crippen LogP contribution in [0.4, 0.5) is 0 Å². The zero-order valence-electron chi connectivity index (χ0n) is 12.7. The first kappa shape index (κ1) is 15.7. The third kappa shape index (κ3) is 4.06. The molecule has 0 aliphatic rings. The molecule has 0 spiro atoms. The number of nitrogens with two attached hydrogens (primary N) is 1. The van der Waals surface area contributed by atoms with Crippen molar-refractivity contribution in [3.63, 3.8) is 0 Å². The van der Waals surface area contributed by atoms with Crippen molar-refractivity contribution < 1.29 is 4.79 Å². The predicted molar refractivity (Wildman–Crippen MR) is 79.9 cm³/mol. The first-order valence-electron chi connectivity index (χ1n) is 6.74. The fourth-order valence-electron chi connectivity index (χ4n) is 1.51. The van der Waals surface area contributed by atoms with Gasteiger partial charge < -0.3 is 11.1 Å². The third-order valence-electron chi connectivity index (χ3n) is 4.15. The van der Waals surface area contributed by atoms with E-state index < -0.39 is 0 Å². The van der Waals surface area contributed by atoms with Crippen molar-refractivity contribution in [2.45, 2.75) is 41.2 Å². The van der Waals surface area contributed by atoms with Crippen LogP contribution < -0.4 is 11.1 Å². The van der Waals surface area contributed by atoms with Gasteiger partial charge in [0.2, 0.25) is 0 Å². The number of hydrogen-bond acceptors (Lipinski definition) is 2. The van der Waals surface area contributed by atoms with Crippen LogP contribution in [0.25, 0.3) is 0 Å². The lowest BCUT2D eigenvalue weighted by Crippen LogP contribution is -2.41. The largest absolute Gasteiger partial charge is 0.351 e. The van der Waals surface area contributed by atoms with Gasteiger partial charge in [0, 0.05) is 18.7 Å². The number of nitrogens with one attached hydrogen (secondary N) is 1. The highest BCUT2D eigenvalue weighted by molar-refractivity contribution is 5.94. The summed E-state index contributed by atoms with van der Waals surface area (Å²) in [5, 5.41) is 3.02. The Kier molecular flexibility index (Phi) is 4.75. The van der Waals surface area contributed by atoms with Gasteiger partial charge in [-0.2, -0.15) is 0 Å². The number of carbonyl (C=O) groups excluding carboxylic acids is 1. The van der Waals surface area contributed by atoms with Gasteiger partial charge in [-0.05, 0) is 28.5 Å². The van der Waals surface area contributed by atoms with Crippen molar-refractivity contribution in [3.05, 3.63) is 35.4 Å². The average Bonchev–Trinajstić information content (AvgIpc) is 2.34. The van der Waals surface area contributed by atoms with Crippen LogP contribution >= 0.6 is 0 Å². The molecule has 0 aliphatic carbocycles. The lowest BCUT2D eigenvalue weighted by atomic mass is 9.69. The predicted octanol–water partition coefficient (Wildman–Crippen LogP) is 2.95. The van der Waals surface area contributed by atoms with Crippen LogP contribution in [-0.2, 0) is 6.54 Å². The molecule has 0 saturated carbocycles. The molecule has 0 saturated heterocycles. The minimum atomic E-state index is -0.0346. The molecule has 0 unspecified atom stereocenters. The van der Waals surface area contributed by atoms with Gasteiger partial charge in [0.1, 0.15) is 0 Å². The maximum absolute atomic E-state index is 12.1. The Morgan fingerprint density at radius 3 is 2.37 bits per heavy atom. The maximum atomic E-state index is 12.1. The second-order valence-corrected chi connectivity index (χ2v) is 6.72. The highest BCUT2D eigenvalue weighted by atomic mass is 16.1. The molecule has 0 heterocycles. The van der Waals surface area contributed by atoms with Gasteiger partial charge in [-0.25, -0.2) is 0 Å². The number of carbonyl (C=O) groups is 1. The van der Waals surface area contributed by atoms with Crippen molar-refractivity contribution in [3.8, 4) is 0 Å². The van der Waals surface area contributed by atoms with Crippen molar-refractivity contribution >= 4 is 5.91 Å². The van der Waals surface area contributed by atoms with Crippen molar-refractivity contribution in [2.75, 3.05) is 6.54 Å². The van der Waals surface area contributed by atoms with E-state index in [1.54, 1.807) is 0 Å². The molecule has 1 aromatic rings. The topological polar surface area (TPSA) is 55.1 Å². The molecule has 1 rings (SSSR count). The second-order valence-electron chi connectivity index (χ2n) is 6.72. The lowest BCUT2D eigenvalue weighted by molar-refractivity contribution is 0.0867. The summed E-state index contributed by atoms with van der Waals surface area (Å²) in [7, 11) is 0. The third-order valence-corrected chi connectivity index (χ3v) is 4.15. The lowest BCUT2D eigenvalue weighted by Gasteiger charge is -2.39. The zero-order valence-corrected chi connectivity index (χ0v) is 12.7. The number of rotatable bonds is 4. The van der Waals surface area contributed by atoms with E-state index in [0.29, 0.717) is 18.7 Å². The molecular weight excluding hydrogens is 236 g/mol. The number of amides is 1. The summed E-state index contributed by atoms with van der Waals surface area (Å²) in [5.74, 6) is -0.0346. The highest BCUT2D eigenvalue weighted by Crippen LogP contribution is 2.37. The molecule has 0 radical (unpaired) electrons. The Labute approximate surface area is 116 Å². The normalized spacial score (nSPS) is 12.3. The summed E-state index contributed by atoms with van der Waals surface area (Å²) in [4.78, 5) is 12.1. The second kappa shape index (κ2) is 5.74. The minimum absolute atomic E-state index is 0.0346. The Bertz CT molecular complexity index is 444. The van der Waals surface area contributed by atoms with Crippen LogP contribution in [-0.4, -0.2) is 12.5 Å². The Hall–Kier alpha value is -1.35. The molecule has 0 fully saturated rings. The van der Waals surface area contributed by atoms with E-state index in [4.69, 9.17) is 5.73 Å². The quantitative estimate of drug-likeness (QED) is 0.876. The van der Waals surface area contributed by atoms with Gasteiger partial charge in [-0.15, -0.1) is 0 Å². The maximum Gasteiger partial charge on any atom is 0.251 e. The van der Waals surface area contributed by atoms with Crippen molar-refractivity contribution in [1.29, 1.82) is 0 Å². The van der Waals surface area contributed by atoms with E-state index in [0.717, 1.165) is 5.56 Å². The van der Waals surface area contributed by atoms with Crippen LogP contribution in [0.1, 0.15) is 50.5 Å². The summed E-state index contributed by atoms with van der Waals surface area (Å²) >= 11 is 0. The van der Waals surface area contributed by atoms with Gasteiger partial charge in [-0.1, -0.05) is 46.8 Å². The molecule has 3 nitrogen and oxygen atoms in total. The molecule has 106 valence electrons. The molecule has 0 aliphatic heterocycles. The monoisotopic (exact) mass is 262 g/mol. The molecule has 0 aromatic heterocycles. The smallest absolute Gasteiger partial charge is 0.251 e. The average molecular weight is 262 g/mol. The Balaban J connectivity index is 2.70. The van der Waals surface area contributed by atoms with Crippen LogP contribution in [0.2, 0.25) is 0 Å². The van der Waals surface area contributed by atoms with Gasteiger partial charge in [-0.3, -0.25) is 4.79 Å². The van der Waals surface area contributed by atoms with Crippen LogP contribution in [0, 0.1) is 10.8 Å². The van der Waals surface area contributed by atoms with Gasteiger partial charge in [0.15, 0.2) is 0 Å². The highest BCUT2D eigenvalue weighted by Gasteiger charge is 2.32. The first-order chi connectivity index (χ1) is 8.67. The SMILES string of the molecule is CC(C)(C)C(C)(C)CNC(=O)c1cccc(CN)c1. The molecule has 1 aromatic carbocycles. The van der Waals surface area contributed by atoms with Gasteiger partial charge >= 0.3 is 0 Å². The van der Waals surface area contributed by atoms with Crippen molar-refractivity contribution in [2.24, 2.45) is 16.6 Å².